The van der Waals surface area contributed by atoms with Crippen molar-refractivity contribution < 1.29 is 27.9 Å². The summed E-state index contributed by atoms with van der Waals surface area (Å²) in [6.45, 7) is 15.1. The van der Waals surface area contributed by atoms with Gasteiger partial charge in [0.2, 0.25) is 8.32 Å². The Labute approximate surface area is 237 Å². The maximum atomic E-state index is 12.9. The summed E-state index contributed by atoms with van der Waals surface area (Å²) in [5.74, 6) is 0.332. The number of nitrogens with one attached hydrogen (secondary N) is 2. The third-order valence-electron chi connectivity index (χ3n) is 8.03. The highest BCUT2D eigenvalue weighted by Gasteiger charge is 2.56. The predicted octanol–water partition coefficient (Wildman–Crippen LogP) is 5.67. The normalized spacial score (nSPS) is 24.9. The van der Waals surface area contributed by atoms with Crippen molar-refractivity contribution in [1.82, 2.24) is 14.9 Å². The molecular formula is C27H41N5O6PSi+. The molecule has 0 bridgehead atoms. The number of hydrogen-bond acceptors (Lipinski definition) is 8. The average Bonchev–Trinajstić information content (AvgIpc) is 3.48. The van der Waals surface area contributed by atoms with Crippen LogP contribution in [0.15, 0.2) is 41.7 Å². The minimum Gasteiger partial charge on any atom is -0.406 e. The van der Waals surface area contributed by atoms with E-state index in [9.17, 15) is 14.3 Å². The van der Waals surface area contributed by atoms with E-state index >= 15 is 0 Å². The minimum absolute atomic E-state index is 0.267. The van der Waals surface area contributed by atoms with Crippen LogP contribution < -0.4 is 10.6 Å². The van der Waals surface area contributed by atoms with Crippen LogP contribution in [0.25, 0.3) is 0 Å². The number of aliphatic imine (C=N–C) groups is 1. The number of carbonyl (C=O) groups is 1. The second-order valence-corrected chi connectivity index (χ2v) is 17.3. The van der Waals surface area contributed by atoms with Gasteiger partial charge in [0, 0.05) is 10.1 Å². The number of nitrogens with zero attached hydrogens (tertiary/aromatic N) is 3. The molecule has 0 saturated carbocycles. The standard InChI is InChI=1S/C27H40N5O6PSi/c1-8-20-22(37-39(34)35)23(38-40(16(2)3,17(4)5)18(6)7)27(36-20)32-15-30-21-24(28-14-29-25(21)32)31-26(33)19-12-10-9-11-13-19/h9-18,20,22-24,27H,8H2,1-7H3,(H2-,28,29,31,33,34,35)/p+1/t20-,22+,23-,24?,27-/m1/s1. The first kappa shape index (κ1) is 30.5. The Morgan fingerprint density at radius 1 is 1.15 bits per heavy atom. The van der Waals surface area contributed by atoms with Crippen molar-refractivity contribution in [3.05, 3.63) is 47.9 Å². The van der Waals surface area contributed by atoms with Crippen molar-refractivity contribution in [2.24, 2.45) is 4.99 Å². The van der Waals surface area contributed by atoms with E-state index in [0.717, 1.165) is 0 Å². The van der Waals surface area contributed by atoms with Crippen molar-refractivity contribution in [2.75, 3.05) is 5.32 Å². The van der Waals surface area contributed by atoms with Crippen molar-refractivity contribution in [1.29, 1.82) is 0 Å². The Kier molecular flexibility index (Phi) is 9.59. The summed E-state index contributed by atoms with van der Waals surface area (Å²) >= 11 is 0. The molecule has 4 rings (SSSR count). The maximum Gasteiger partial charge on any atom is 0.695 e. The summed E-state index contributed by atoms with van der Waals surface area (Å²) in [5, 5.41) is 6.09. The number of anilines is 1. The number of hydrogen-bond donors (Lipinski definition) is 3. The van der Waals surface area contributed by atoms with E-state index in [1.807, 2.05) is 17.6 Å². The van der Waals surface area contributed by atoms with Gasteiger partial charge in [0.25, 0.3) is 5.91 Å². The van der Waals surface area contributed by atoms with Gasteiger partial charge in [0.05, 0.1) is 18.8 Å². The van der Waals surface area contributed by atoms with Crippen molar-refractivity contribution in [3.8, 4) is 0 Å². The molecule has 11 nitrogen and oxygen atoms in total. The van der Waals surface area contributed by atoms with Gasteiger partial charge in [-0.3, -0.25) is 9.36 Å². The fourth-order valence-corrected chi connectivity index (χ4v) is 12.3. The van der Waals surface area contributed by atoms with E-state index < -0.39 is 47.3 Å². The van der Waals surface area contributed by atoms with Crippen LogP contribution in [-0.2, 0) is 18.3 Å². The number of carbonyl (C=O) groups excluding carboxylic acids is 1. The second-order valence-electron chi connectivity index (χ2n) is 11.2. The van der Waals surface area contributed by atoms with Crippen LogP contribution in [0.5, 0.6) is 0 Å². The van der Waals surface area contributed by atoms with Gasteiger partial charge in [-0.1, -0.05) is 66.7 Å². The second kappa shape index (κ2) is 12.6. The van der Waals surface area contributed by atoms with Gasteiger partial charge in [-0.05, 0) is 35.2 Å². The monoisotopic (exact) mass is 590 g/mol. The largest absolute Gasteiger partial charge is 0.695 e. The van der Waals surface area contributed by atoms with E-state index in [4.69, 9.17) is 13.7 Å². The highest BCUT2D eigenvalue weighted by molar-refractivity contribution is 7.32. The number of fused-ring (bicyclic) bond motifs is 1. The topological polar surface area (TPSA) is 136 Å². The maximum absolute atomic E-state index is 12.9. The van der Waals surface area contributed by atoms with Crippen molar-refractivity contribution >= 4 is 34.6 Å². The van der Waals surface area contributed by atoms with Gasteiger partial charge in [-0.2, -0.15) is 0 Å². The molecule has 0 aliphatic carbocycles. The van der Waals surface area contributed by atoms with E-state index in [2.05, 4.69) is 62.2 Å². The van der Waals surface area contributed by atoms with E-state index in [1.165, 1.54) is 6.34 Å². The predicted molar refractivity (Wildman–Crippen MR) is 156 cm³/mol. The fourth-order valence-electron chi connectivity index (χ4n) is 6.32. The lowest BCUT2D eigenvalue weighted by Crippen LogP contribution is -2.53. The molecule has 2 aliphatic heterocycles. The SMILES string of the molecule is CC[C@H]1O[C@@H](n2cnc3c2NC=NC3NC(=O)c2ccccc2)[C@H](O[Si](C(C)C)(C(C)C)C(C)C)[C@H]1O[P+](=O)O. The third-order valence-corrected chi connectivity index (χ3v) is 14.5. The summed E-state index contributed by atoms with van der Waals surface area (Å²) in [4.78, 5) is 31.7. The van der Waals surface area contributed by atoms with Crippen LogP contribution in [0.1, 0.15) is 83.3 Å². The molecule has 2 unspecified atom stereocenters. The van der Waals surface area contributed by atoms with Crippen LogP contribution in [-0.4, -0.2) is 53.3 Å². The molecular weight excluding hydrogens is 549 g/mol. The molecule has 0 spiro atoms. The summed E-state index contributed by atoms with van der Waals surface area (Å²) < 4.78 is 33.1. The summed E-state index contributed by atoms with van der Waals surface area (Å²) in [7, 11) is -5.35. The molecule has 3 heterocycles. The highest BCUT2D eigenvalue weighted by atomic mass is 31.1. The average molecular weight is 591 g/mol. The molecule has 40 heavy (non-hydrogen) atoms. The van der Waals surface area contributed by atoms with E-state index in [1.54, 1.807) is 30.6 Å². The molecule has 218 valence electrons. The van der Waals surface area contributed by atoms with Gasteiger partial charge in [0.1, 0.15) is 17.6 Å². The van der Waals surface area contributed by atoms with Gasteiger partial charge in [0.15, 0.2) is 18.5 Å². The lowest BCUT2D eigenvalue weighted by molar-refractivity contribution is -0.0340. The molecule has 2 aromatic rings. The summed E-state index contributed by atoms with van der Waals surface area (Å²) in [6, 6.07) is 8.92. The number of benzene rings is 1. The summed E-state index contributed by atoms with van der Waals surface area (Å²) in [5.41, 5.74) is 1.87. The number of rotatable bonds is 11. The molecule has 0 radical (unpaired) electrons. The quantitative estimate of drug-likeness (QED) is 0.225. The zero-order valence-corrected chi connectivity index (χ0v) is 26.0. The molecule has 1 aromatic heterocycles. The number of imidazole rings is 1. The zero-order valence-electron chi connectivity index (χ0n) is 24.1. The van der Waals surface area contributed by atoms with Crippen molar-refractivity contribution in [3.63, 3.8) is 0 Å². The molecule has 3 N–H and O–H groups in total. The molecule has 13 heteroatoms. The Balaban J connectivity index is 1.72. The van der Waals surface area contributed by atoms with E-state index in [-0.39, 0.29) is 22.5 Å². The van der Waals surface area contributed by atoms with E-state index in [0.29, 0.717) is 23.5 Å². The van der Waals surface area contributed by atoms with Crippen LogP contribution in [0.3, 0.4) is 0 Å². The number of aromatic nitrogens is 2. The van der Waals surface area contributed by atoms with Gasteiger partial charge in [-0.15, -0.1) is 9.42 Å². The lowest BCUT2D eigenvalue weighted by Gasteiger charge is -2.45. The Bertz CT molecular complexity index is 1200. The fraction of sp³-hybridized carbons (Fsp3) is 0.593. The Hall–Kier alpha value is -2.47. The van der Waals surface area contributed by atoms with Gasteiger partial charge >= 0.3 is 8.25 Å². The first-order chi connectivity index (χ1) is 19.0. The molecule has 6 atom stereocenters. The molecule has 1 saturated heterocycles. The minimum atomic E-state index is -2.89. The number of amides is 1. The molecule has 1 aromatic carbocycles. The smallest absolute Gasteiger partial charge is 0.406 e. The van der Waals surface area contributed by atoms with Crippen LogP contribution in [0, 0.1) is 0 Å². The number of ether oxygens (including phenoxy) is 1. The van der Waals surface area contributed by atoms with Crippen molar-refractivity contribution in [2.45, 2.75) is 102 Å². The van der Waals surface area contributed by atoms with Gasteiger partial charge in [-0.25, -0.2) is 9.98 Å². The van der Waals surface area contributed by atoms with Gasteiger partial charge < -0.3 is 19.8 Å². The molecule has 2 aliphatic rings. The highest BCUT2D eigenvalue weighted by Crippen LogP contribution is 2.49. The lowest BCUT2D eigenvalue weighted by atomic mass is 10.1. The summed E-state index contributed by atoms with van der Waals surface area (Å²) in [6.07, 6.45) is 0.436. The third kappa shape index (κ3) is 5.79. The molecule has 1 amide bonds. The van der Waals surface area contributed by atoms with Crippen LogP contribution in [0.4, 0.5) is 5.82 Å². The first-order valence-electron chi connectivity index (χ1n) is 13.9. The Morgan fingerprint density at radius 3 is 2.38 bits per heavy atom. The zero-order chi connectivity index (χ0) is 29.2. The van der Waals surface area contributed by atoms with Crippen LogP contribution >= 0.6 is 8.25 Å². The Morgan fingerprint density at radius 2 is 1.80 bits per heavy atom. The first-order valence-corrected chi connectivity index (χ1v) is 17.1. The molecule has 1 fully saturated rings. The van der Waals surface area contributed by atoms with Crippen LogP contribution in [0.2, 0.25) is 16.6 Å².